The van der Waals surface area contributed by atoms with Crippen LogP contribution in [0.4, 0.5) is 0 Å². The van der Waals surface area contributed by atoms with Gasteiger partial charge in [-0.1, -0.05) is 0 Å². The lowest BCUT2D eigenvalue weighted by molar-refractivity contribution is 0.0692. The molecule has 1 aliphatic rings. The quantitative estimate of drug-likeness (QED) is 0.585. The van der Waals surface area contributed by atoms with Crippen LogP contribution in [0.25, 0.3) is 0 Å². The molecule has 3 nitrogen and oxygen atoms in total. The monoisotopic (exact) mass is 141 g/mol. The van der Waals surface area contributed by atoms with Crippen LogP contribution in [0.15, 0.2) is 24.5 Å². The van der Waals surface area contributed by atoms with Crippen LogP contribution in [0.3, 0.4) is 0 Å². The molecule has 0 unspecified atom stereocenters. The topological polar surface area (TPSA) is 34.2 Å². The average Bonchev–Trinajstić information content (AvgIpc) is 2.67. The van der Waals surface area contributed by atoms with E-state index in [1.54, 1.807) is 0 Å². The summed E-state index contributed by atoms with van der Waals surface area (Å²) in [5.41, 5.74) is 0. The zero-order valence-corrected chi connectivity index (χ0v) is 5.75. The van der Waals surface area contributed by atoms with Crippen LogP contribution in [0.1, 0.15) is 0 Å². The highest BCUT2D eigenvalue weighted by Crippen LogP contribution is 1.85. The van der Waals surface area contributed by atoms with Crippen molar-refractivity contribution in [3.8, 4) is 0 Å². The van der Waals surface area contributed by atoms with Gasteiger partial charge in [0.2, 0.25) is 0 Å². The summed E-state index contributed by atoms with van der Waals surface area (Å²) in [6.07, 6.45) is 3.75. The van der Waals surface area contributed by atoms with Gasteiger partial charge in [0, 0.05) is 12.4 Å². The highest BCUT2D eigenvalue weighted by atomic mass is 16.7. The summed E-state index contributed by atoms with van der Waals surface area (Å²) in [6.45, 7) is 2.06. The fourth-order valence-electron chi connectivity index (χ4n) is 0.572. The molecule has 0 amide bonds. The summed E-state index contributed by atoms with van der Waals surface area (Å²) >= 11 is 0. The molecule has 0 bridgehead atoms. The standard InChI is InChI=1S/C4H5N.C3H6O2/c1-2-4-5-3-1;1-2-5-3-4-1/h1-5H;1-3H2. The molecule has 3 heteroatoms. The predicted octanol–water partition coefficient (Wildman–Crippen LogP) is 1.01. The molecule has 1 aliphatic heterocycles. The molecule has 10 heavy (non-hydrogen) atoms. The molecule has 1 saturated heterocycles. The zero-order chi connectivity index (χ0) is 7.07. The largest absolute Gasteiger partial charge is 0.368 e. The van der Waals surface area contributed by atoms with Gasteiger partial charge in [0.1, 0.15) is 6.79 Å². The van der Waals surface area contributed by atoms with E-state index in [0.29, 0.717) is 6.79 Å². The summed E-state index contributed by atoms with van der Waals surface area (Å²) in [6, 6.07) is 3.89. The van der Waals surface area contributed by atoms with E-state index in [9.17, 15) is 0 Å². The maximum Gasteiger partial charge on any atom is 0.146 e. The lowest BCUT2D eigenvalue weighted by Gasteiger charge is -1.76. The molecule has 2 rings (SSSR count). The number of aromatic nitrogens is 1. The SMILES string of the molecule is C1COCO1.c1cc[nH]c1. The molecule has 1 aromatic rings. The van der Waals surface area contributed by atoms with Gasteiger partial charge >= 0.3 is 0 Å². The van der Waals surface area contributed by atoms with Gasteiger partial charge < -0.3 is 14.5 Å². The van der Waals surface area contributed by atoms with Crippen LogP contribution < -0.4 is 0 Å². The van der Waals surface area contributed by atoms with Gasteiger partial charge in [0.25, 0.3) is 0 Å². The molecule has 0 saturated carbocycles. The molecular weight excluding hydrogens is 130 g/mol. The second kappa shape index (κ2) is 5.02. The van der Waals surface area contributed by atoms with Gasteiger partial charge in [-0.3, -0.25) is 0 Å². The fourth-order valence-corrected chi connectivity index (χ4v) is 0.572. The Balaban J connectivity index is 0.0000001000. The molecular formula is C7H11NO2. The maximum atomic E-state index is 4.72. The minimum atomic E-state index is 0.500. The molecule has 2 heterocycles. The minimum Gasteiger partial charge on any atom is -0.368 e. The Labute approximate surface area is 60.0 Å². The van der Waals surface area contributed by atoms with Gasteiger partial charge in [-0.05, 0) is 12.1 Å². The summed E-state index contributed by atoms with van der Waals surface area (Å²) in [7, 11) is 0. The first kappa shape index (κ1) is 7.31. The van der Waals surface area contributed by atoms with Crippen molar-refractivity contribution in [2.45, 2.75) is 0 Å². The Bertz CT molecular complexity index is 110. The first-order valence-electron chi connectivity index (χ1n) is 3.23. The average molecular weight is 141 g/mol. The number of H-pyrrole nitrogens is 1. The summed E-state index contributed by atoms with van der Waals surface area (Å²) < 4.78 is 9.44. The summed E-state index contributed by atoms with van der Waals surface area (Å²) in [4.78, 5) is 2.86. The molecule has 0 aliphatic carbocycles. The maximum absolute atomic E-state index is 4.72. The third-order valence-corrected chi connectivity index (χ3v) is 1.03. The lowest BCUT2D eigenvalue weighted by atomic mass is 10.7. The van der Waals surface area contributed by atoms with E-state index in [2.05, 4.69) is 4.98 Å². The predicted molar refractivity (Wildman–Crippen MR) is 37.6 cm³/mol. The van der Waals surface area contributed by atoms with Crippen LogP contribution in [-0.4, -0.2) is 25.0 Å². The van der Waals surface area contributed by atoms with Crippen LogP contribution in [0.2, 0.25) is 0 Å². The highest BCUT2D eigenvalue weighted by molar-refractivity contribution is 4.84. The summed E-state index contributed by atoms with van der Waals surface area (Å²) in [5.74, 6) is 0. The number of hydrogen-bond donors (Lipinski definition) is 1. The van der Waals surface area contributed by atoms with Crippen LogP contribution >= 0.6 is 0 Å². The fraction of sp³-hybridized carbons (Fsp3) is 0.429. The highest BCUT2D eigenvalue weighted by Gasteiger charge is 1.93. The van der Waals surface area contributed by atoms with E-state index >= 15 is 0 Å². The van der Waals surface area contributed by atoms with Crippen LogP contribution in [0.5, 0.6) is 0 Å². The molecule has 1 fully saturated rings. The molecule has 0 radical (unpaired) electrons. The van der Waals surface area contributed by atoms with Gasteiger partial charge in [0.15, 0.2) is 0 Å². The molecule has 1 aromatic heterocycles. The third-order valence-electron chi connectivity index (χ3n) is 1.03. The number of aromatic amines is 1. The van der Waals surface area contributed by atoms with Crippen molar-refractivity contribution in [2.75, 3.05) is 20.0 Å². The van der Waals surface area contributed by atoms with Gasteiger partial charge in [0.05, 0.1) is 13.2 Å². The van der Waals surface area contributed by atoms with Crippen LogP contribution in [0, 0.1) is 0 Å². The van der Waals surface area contributed by atoms with Gasteiger partial charge in [-0.25, -0.2) is 0 Å². The second-order valence-electron chi connectivity index (χ2n) is 1.82. The van der Waals surface area contributed by atoms with E-state index < -0.39 is 0 Å². The van der Waals surface area contributed by atoms with Crippen LogP contribution in [-0.2, 0) is 9.47 Å². The van der Waals surface area contributed by atoms with Crippen molar-refractivity contribution in [3.05, 3.63) is 24.5 Å². The lowest BCUT2D eigenvalue weighted by Crippen LogP contribution is -1.79. The second-order valence-corrected chi connectivity index (χ2v) is 1.82. The Morgan fingerprint density at radius 2 is 1.60 bits per heavy atom. The molecule has 56 valence electrons. The Morgan fingerprint density at radius 3 is 1.80 bits per heavy atom. The Morgan fingerprint density at radius 1 is 1.00 bits per heavy atom. The van der Waals surface area contributed by atoms with E-state index in [4.69, 9.17) is 9.47 Å². The number of nitrogens with one attached hydrogen (secondary N) is 1. The summed E-state index contributed by atoms with van der Waals surface area (Å²) in [5, 5.41) is 0. The normalized spacial score (nSPS) is 16.0. The van der Waals surface area contributed by atoms with Crippen molar-refractivity contribution in [1.82, 2.24) is 4.98 Å². The van der Waals surface area contributed by atoms with Crippen molar-refractivity contribution in [3.63, 3.8) is 0 Å². The Kier molecular flexibility index (Phi) is 3.67. The van der Waals surface area contributed by atoms with Crippen molar-refractivity contribution in [1.29, 1.82) is 0 Å². The first-order valence-corrected chi connectivity index (χ1v) is 3.23. The number of rotatable bonds is 0. The Hall–Kier alpha value is -0.800. The number of ether oxygens (including phenoxy) is 2. The van der Waals surface area contributed by atoms with Crippen molar-refractivity contribution >= 4 is 0 Å². The zero-order valence-electron chi connectivity index (χ0n) is 5.75. The smallest absolute Gasteiger partial charge is 0.146 e. The third kappa shape index (κ3) is 3.27. The first-order chi connectivity index (χ1) is 5.00. The van der Waals surface area contributed by atoms with Gasteiger partial charge in [-0.15, -0.1) is 0 Å². The molecule has 0 aromatic carbocycles. The van der Waals surface area contributed by atoms with E-state index in [1.165, 1.54) is 0 Å². The van der Waals surface area contributed by atoms with E-state index in [1.807, 2.05) is 24.5 Å². The molecule has 0 atom stereocenters. The number of hydrogen-bond acceptors (Lipinski definition) is 2. The van der Waals surface area contributed by atoms with E-state index in [0.717, 1.165) is 13.2 Å². The molecule has 1 N–H and O–H groups in total. The van der Waals surface area contributed by atoms with Gasteiger partial charge in [-0.2, -0.15) is 0 Å². The van der Waals surface area contributed by atoms with E-state index in [-0.39, 0.29) is 0 Å². The van der Waals surface area contributed by atoms with Crippen molar-refractivity contribution < 1.29 is 9.47 Å². The molecule has 0 spiro atoms. The van der Waals surface area contributed by atoms with Crippen molar-refractivity contribution in [2.24, 2.45) is 0 Å². The minimum absolute atomic E-state index is 0.500.